The van der Waals surface area contributed by atoms with E-state index in [2.05, 4.69) is 9.80 Å². The van der Waals surface area contributed by atoms with Crippen LogP contribution < -0.4 is 5.73 Å². The number of nitrogens with two attached hydrogens (primary N) is 1. The Labute approximate surface area is 158 Å². The van der Waals surface area contributed by atoms with Crippen molar-refractivity contribution in [2.24, 2.45) is 23.5 Å². The minimum atomic E-state index is 0.234. The topological polar surface area (TPSA) is 58.8 Å². The second-order valence-corrected chi connectivity index (χ2v) is 9.14. The average Bonchev–Trinajstić information content (AvgIpc) is 3.15. The van der Waals surface area contributed by atoms with Crippen LogP contribution in [0.3, 0.4) is 0 Å². The predicted molar refractivity (Wildman–Crippen MR) is 103 cm³/mol. The molecule has 1 amide bonds. The zero-order valence-electron chi connectivity index (χ0n) is 16.3. The molecule has 2 aliphatic heterocycles. The van der Waals surface area contributed by atoms with Crippen molar-refractivity contribution >= 4 is 5.91 Å². The number of hydrogen-bond acceptors (Lipinski definition) is 4. The van der Waals surface area contributed by atoms with Crippen LogP contribution in [0.25, 0.3) is 0 Å². The Hall–Kier alpha value is -0.650. The van der Waals surface area contributed by atoms with Gasteiger partial charge in [0.2, 0.25) is 5.91 Å². The molecule has 0 aromatic carbocycles. The molecule has 2 atom stereocenters. The number of rotatable bonds is 5. The fourth-order valence-electron chi connectivity index (χ4n) is 5.85. The number of fused-ring (bicyclic) bond motifs is 2. The Bertz CT molecular complexity index is 458. The predicted octanol–water partition coefficient (Wildman–Crippen LogP) is 2.24. The second kappa shape index (κ2) is 8.57. The highest BCUT2D eigenvalue weighted by atomic mass is 16.5. The lowest BCUT2D eigenvalue weighted by Crippen LogP contribution is -2.51. The van der Waals surface area contributed by atoms with E-state index in [4.69, 9.17) is 10.5 Å². The molecule has 4 aliphatic rings. The normalized spacial score (nSPS) is 36.4. The van der Waals surface area contributed by atoms with Gasteiger partial charge in [-0.1, -0.05) is 6.42 Å². The van der Waals surface area contributed by atoms with E-state index in [9.17, 15) is 4.79 Å². The molecule has 2 unspecified atom stereocenters. The highest BCUT2D eigenvalue weighted by Crippen LogP contribution is 2.42. The molecular weight excluding hydrogens is 326 g/mol. The van der Waals surface area contributed by atoms with Gasteiger partial charge in [-0.25, -0.2) is 0 Å². The van der Waals surface area contributed by atoms with Gasteiger partial charge in [0, 0.05) is 31.6 Å². The Morgan fingerprint density at radius 3 is 2.23 bits per heavy atom. The Balaban J connectivity index is 1.19. The summed E-state index contributed by atoms with van der Waals surface area (Å²) < 4.78 is 6.10. The van der Waals surface area contributed by atoms with Gasteiger partial charge in [0.25, 0.3) is 0 Å². The van der Waals surface area contributed by atoms with Gasteiger partial charge in [-0.2, -0.15) is 0 Å². The van der Waals surface area contributed by atoms with E-state index in [0.29, 0.717) is 29.9 Å². The first-order valence-electron chi connectivity index (χ1n) is 11.1. The van der Waals surface area contributed by atoms with E-state index in [0.717, 1.165) is 51.9 Å². The van der Waals surface area contributed by atoms with Crippen LogP contribution in [0.1, 0.15) is 57.8 Å². The average molecular weight is 364 g/mol. The van der Waals surface area contributed by atoms with Crippen LogP contribution in [0, 0.1) is 17.8 Å². The first-order valence-corrected chi connectivity index (χ1v) is 11.1. The number of nitrogens with zero attached hydrogens (tertiary/aromatic N) is 2. The van der Waals surface area contributed by atoms with E-state index >= 15 is 0 Å². The van der Waals surface area contributed by atoms with Crippen LogP contribution in [0.5, 0.6) is 0 Å². The van der Waals surface area contributed by atoms with Gasteiger partial charge in [0.15, 0.2) is 0 Å². The molecule has 5 nitrogen and oxygen atoms in total. The van der Waals surface area contributed by atoms with Gasteiger partial charge in [-0.3, -0.25) is 4.79 Å². The van der Waals surface area contributed by atoms with Crippen molar-refractivity contribution in [2.45, 2.75) is 69.9 Å². The molecule has 148 valence electrons. The van der Waals surface area contributed by atoms with Gasteiger partial charge in [0.1, 0.15) is 0 Å². The fraction of sp³-hybridized carbons (Fsp3) is 0.952. The summed E-state index contributed by atoms with van der Waals surface area (Å²) in [5, 5.41) is 0. The lowest BCUT2D eigenvalue weighted by atomic mass is 9.65. The standard InChI is InChI=1S/C21H37N3O2/c22-20-16-4-3-5-17(20)15-18(14-16)21(25)24-10-6-19(7-11-24)26-13-12-23-8-1-2-9-23/h16-20H,1-15,22H2. The van der Waals surface area contributed by atoms with Gasteiger partial charge >= 0.3 is 0 Å². The van der Waals surface area contributed by atoms with Crippen LogP contribution in [-0.4, -0.2) is 67.2 Å². The van der Waals surface area contributed by atoms with Crippen LogP contribution in [0.15, 0.2) is 0 Å². The molecule has 2 saturated carbocycles. The molecular formula is C21H37N3O2. The summed E-state index contributed by atoms with van der Waals surface area (Å²) in [7, 11) is 0. The summed E-state index contributed by atoms with van der Waals surface area (Å²) in [6.45, 7) is 6.16. The third-order valence-electron chi connectivity index (χ3n) is 7.48. The smallest absolute Gasteiger partial charge is 0.225 e. The number of ether oxygens (including phenoxy) is 1. The third-order valence-corrected chi connectivity index (χ3v) is 7.48. The van der Waals surface area contributed by atoms with Crippen molar-refractivity contribution in [3.8, 4) is 0 Å². The highest BCUT2D eigenvalue weighted by molar-refractivity contribution is 5.79. The van der Waals surface area contributed by atoms with Gasteiger partial charge in [-0.05, 0) is 76.3 Å². The molecule has 2 N–H and O–H groups in total. The molecule has 2 saturated heterocycles. The van der Waals surface area contributed by atoms with Crippen molar-refractivity contribution < 1.29 is 9.53 Å². The zero-order valence-corrected chi connectivity index (χ0v) is 16.3. The largest absolute Gasteiger partial charge is 0.377 e. The SMILES string of the molecule is NC1C2CCCC1CC(C(=O)N1CCC(OCCN3CCCC3)CC1)C2. The van der Waals surface area contributed by atoms with E-state index in [1.54, 1.807) is 0 Å². The maximum Gasteiger partial charge on any atom is 0.225 e. The summed E-state index contributed by atoms with van der Waals surface area (Å²) in [4.78, 5) is 17.6. The van der Waals surface area contributed by atoms with Gasteiger partial charge < -0.3 is 20.3 Å². The molecule has 2 heterocycles. The number of likely N-dealkylation sites (tertiary alicyclic amines) is 2. The number of amides is 1. The quantitative estimate of drug-likeness (QED) is 0.814. The Morgan fingerprint density at radius 1 is 0.923 bits per heavy atom. The van der Waals surface area contributed by atoms with Crippen LogP contribution in [0.4, 0.5) is 0 Å². The number of carbonyl (C=O) groups excluding carboxylic acids is 1. The molecule has 4 fully saturated rings. The Kier molecular flexibility index (Phi) is 6.17. The number of hydrogen-bond donors (Lipinski definition) is 1. The maximum atomic E-state index is 13.0. The van der Waals surface area contributed by atoms with Crippen molar-refractivity contribution in [3.63, 3.8) is 0 Å². The Morgan fingerprint density at radius 2 is 1.58 bits per heavy atom. The molecule has 26 heavy (non-hydrogen) atoms. The van der Waals surface area contributed by atoms with Gasteiger partial charge in [-0.15, -0.1) is 0 Å². The van der Waals surface area contributed by atoms with Crippen LogP contribution in [0.2, 0.25) is 0 Å². The van der Waals surface area contributed by atoms with E-state index < -0.39 is 0 Å². The highest BCUT2D eigenvalue weighted by Gasteiger charge is 2.42. The molecule has 0 aromatic rings. The van der Waals surface area contributed by atoms with Crippen LogP contribution >= 0.6 is 0 Å². The fourth-order valence-corrected chi connectivity index (χ4v) is 5.85. The summed E-state index contributed by atoms with van der Waals surface area (Å²) in [5.41, 5.74) is 6.39. The molecule has 5 heteroatoms. The molecule has 0 spiro atoms. The number of piperidine rings is 1. The summed E-state index contributed by atoms with van der Waals surface area (Å²) in [6, 6.07) is 0.350. The summed E-state index contributed by atoms with van der Waals surface area (Å²) in [5.74, 6) is 1.81. The third kappa shape index (κ3) is 4.26. The molecule has 0 aromatic heterocycles. The van der Waals surface area contributed by atoms with E-state index in [-0.39, 0.29) is 5.92 Å². The van der Waals surface area contributed by atoms with Crippen molar-refractivity contribution in [2.75, 3.05) is 39.3 Å². The molecule has 2 bridgehead atoms. The minimum Gasteiger partial charge on any atom is -0.377 e. The summed E-state index contributed by atoms with van der Waals surface area (Å²) in [6.07, 6.45) is 10.9. The second-order valence-electron chi connectivity index (χ2n) is 9.14. The van der Waals surface area contributed by atoms with Gasteiger partial charge in [0.05, 0.1) is 12.7 Å². The summed E-state index contributed by atoms with van der Waals surface area (Å²) >= 11 is 0. The van der Waals surface area contributed by atoms with Crippen molar-refractivity contribution in [1.29, 1.82) is 0 Å². The first-order chi connectivity index (χ1) is 12.7. The first kappa shape index (κ1) is 18.7. The lowest BCUT2D eigenvalue weighted by molar-refractivity contribution is -0.141. The van der Waals surface area contributed by atoms with E-state index in [1.165, 1.54) is 45.2 Å². The van der Waals surface area contributed by atoms with Crippen molar-refractivity contribution in [3.05, 3.63) is 0 Å². The van der Waals surface area contributed by atoms with E-state index in [1.807, 2.05) is 0 Å². The molecule has 4 rings (SSSR count). The minimum absolute atomic E-state index is 0.234. The zero-order chi connectivity index (χ0) is 17.9. The lowest BCUT2D eigenvalue weighted by Gasteiger charge is -2.45. The molecule has 2 aliphatic carbocycles. The monoisotopic (exact) mass is 363 g/mol. The van der Waals surface area contributed by atoms with Crippen LogP contribution in [-0.2, 0) is 9.53 Å². The molecule has 0 radical (unpaired) electrons. The maximum absolute atomic E-state index is 13.0. The van der Waals surface area contributed by atoms with Crippen molar-refractivity contribution in [1.82, 2.24) is 9.80 Å². The number of carbonyl (C=O) groups is 1.